The molecule has 2 unspecified atom stereocenters. The highest BCUT2D eigenvalue weighted by molar-refractivity contribution is 7.86. The summed E-state index contributed by atoms with van der Waals surface area (Å²) < 4.78 is 32.8. The van der Waals surface area contributed by atoms with Crippen molar-refractivity contribution in [1.29, 1.82) is 0 Å². The van der Waals surface area contributed by atoms with E-state index in [2.05, 4.69) is 13.8 Å². The topological polar surface area (TPSA) is 74.6 Å². The van der Waals surface area contributed by atoms with E-state index in [1.54, 1.807) is 0 Å². The van der Waals surface area contributed by atoms with Crippen LogP contribution in [0.2, 0.25) is 0 Å². The van der Waals surface area contributed by atoms with Crippen LogP contribution < -0.4 is 0 Å². The third-order valence-electron chi connectivity index (χ3n) is 5.73. The summed E-state index contributed by atoms with van der Waals surface area (Å²) in [6.07, 6.45) is 19.6. The summed E-state index contributed by atoms with van der Waals surface area (Å²) in [6, 6.07) is 0. The van der Waals surface area contributed by atoms with Crippen molar-refractivity contribution in [2.45, 2.75) is 147 Å². The fourth-order valence-corrected chi connectivity index (χ4v) is 4.76. The summed E-state index contributed by atoms with van der Waals surface area (Å²) in [4.78, 5) is 0. The first-order chi connectivity index (χ1) is 13.4. The molecule has 0 aliphatic carbocycles. The lowest BCUT2D eigenvalue weighted by Gasteiger charge is -2.18. The monoisotopic (exact) mass is 420 g/mol. The van der Waals surface area contributed by atoms with Gasteiger partial charge in [-0.25, -0.2) is 0 Å². The number of hydrogen-bond donors (Lipinski definition) is 2. The van der Waals surface area contributed by atoms with Gasteiger partial charge in [-0.05, 0) is 19.3 Å². The van der Waals surface area contributed by atoms with Gasteiger partial charge in [0.05, 0.1) is 11.4 Å². The SMILES string of the molecule is CCCCCCCCCCCCCC(CC(O)CCCCCCC)S(=O)(=O)O. The zero-order valence-electron chi connectivity index (χ0n) is 18.7. The van der Waals surface area contributed by atoms with Gasteiger partial charge in [0, 0.05) is 0 Å². The van der Waals surface area contributed by atoms with Gasteiger partial charge in [0.2, 0.25) is 0 Å². The van der Waals surface area contributed by atoms with Crippen molar-refractivity contribution < 1.29 is 18.1 Å². The van der Waals surface area contributed by atoms with Gasteiger partial charge < -0.3 is 5.11 Å². The van der Waals surface area contributed by atoms with Crippen molar-refractivity contribution in [3.05, 3.63) is 0 Å². The molecule has 0 saturated carbocycles. The minimum atomic E-state index is -4.07. The molecule has 0 heterocycles. The molecule has 170 valence electrons. The Hall–Kier alpha value is -0.130. The van der Waals surface area contributed by atoms with Crippen molar-refractivity contribution in [2.24, 2.45) is 0 Å². The lowest BCUT2D eigenvalue weighted by atomic mass is 10.0. The largest absolute Gasteiger partial charge is 0.393 e. The lowest BCUT2D eigenvalue weighted by Crippen LogP contribution is -2.26. The number of aliphatic hydroxyl groups is 1. The van der Waals surface area contributed by atoms with Gasteiger partial charge in [-0.1, -0.05) is 117 Å². The molecule has 28 heavy (non-hydrogen) atoms. The number of aliphatic hydroxyl groups excluding tert-OH is 1. The Morgan fingerprint density at radius 1 is 0.607 bits per heavy atom. The van der Waals surface area contributed by atoms with E-state index in [1.807, 2.05) is 0 Å². The molecule has 2 N–H and O–H groups in total. The second kappa shape index (κ2) is 18.9. The van der Waals surface area contributed by atoms with E-state index >= 15 is 0 Å². The lowest BCUT2D eigenvalue weighted by molar-refractivity contribution is 0.146. The molecule has 0 fully saturated rings. The van der Waals surface area contributed by atoms with Crippen LogP contribution in [0.4, 0.5) is 0 Å². The van der Waals surface area contributed by atoms with Crippen molar-refractivity contribution >= 4 is 10.1 Å². The molecule has 5 heteroatoms. The van der Waals surface area contributed by atoms with E-state index in [0.29, 0.717) is 12.8 Å². The third-order valence-corrected chi connectivity index (χ3v) is 7.00. The van der Waals surface area contributed by atoms with Crippen LogP contribution in [0, 0.1) is 0 Å². The van der Waals surface area contributed by atoms with Crippen LogP contribution in [0.5, 0.6) is 0 Å². The van der Waals surface area contributed by atoms with Gasteiger partial charge in [-0.2, -0.15) is 8.42 Å². The molecule has 0 aromatic carbocycles. The van der Waals surface area contributed by atoms with E-state index in [0.717, 1.165) is 32.1 Å². The maximum Gasteiger partial charge on any atom is 0.267 e. The summed E-state index contributed by atoms with van der Waals surface area (Å²) >= 11 is 0. The van der Waals surface area contributed by atoms with Gasteiger partial charge in [-0.3, -0.25) is 4.55 Å². The van der Waals surface area contributed by atoms with Crippen LogP contribution in [-0.4, -0.2) is 29.4 Å². The Balaban J connectivity index is 3.81. The molecule has 0 spiro atoms. The molecule has 0 rings (SSSR count). The second-order valence-corrected chi connectivity index (χ2v) is 10.3. The Bertz CT molecular complexity index is 422. The van der Waals surface area contributed by atoms with Crippen molar-refractivity contribution in [3.63, 3.8) is 0 Å². The Labute approximate surface area is 175 Å². The average Bonchev–Trinajstić information content (AvgIpc) is 2.64. The second-order valence-electron chi connectivity index (χ2n) is 8.55. The molecule has 0 saturated heterocycles. The third kappa shape index (κ3) is 17.9. The molecule has 0 aromatic rings. The van der Waals surface area contributed by atoms with Crippen LogP contribution in [0.3, 0.4) is 0 Å². The number of rotatable bonds is 21. The minimum Gasteiger partial charge on any atom is -0.393 e. The minimum absolute atomic E-state index is 0.171. The molecule has 0 aliphatic rings. The van der Waals surface area contributed by atoms with E-state index in [-0.39, 0.29) is 6.42 Å². The molecule has 0 bridgehead atoms. The fourth-order valence-electron chi connectivity index (χ4n) is 3.83. The summed E-state index contributed by atoms with van der Waals surface area (Å²) in [5.41, 5.74) is 0. The van der Waals surface area contributed by atoms with Gasteiger partial charge >= 0.3 is 0 Å². The van der Waals surface area contributed by atoms with E-state index in [4.69, 9.17) is 0 Å². The highest BCUT2D eigenvalue weighted by Crippen LogP contribution is 2.20. The molecule has 0 radical (unpaired) electrons. The molecule has 0 amide bonds. The fraction of sp³-hybridized carbons (Fsp3) is 1.00. The summed E-state index contributed by atoms with van der Waals surface area (Å²) in [7, 11) is -4.07. The highest BCUT2D eigenvalue weighted by Gasteiger charge is 2.25. The summed E-state index contributed by atoms with van der Waals surface area (Å²) in [5.74, 6) is 0. The Kier molecular flexibility index (Phi) is 18.8. The molecule has 4 nitrogen and oxygen atoms in total. The van der Waals surface area contributed by atoms with Crippen LogP contribution in [-0.2, 0) is 10.1 Å². The van der Waals surface area contributed by atoms with Crippen molar-refractivity contribution in [3.8, 4) is 0 Å². The smallest absolute Gasteiger partial charge is 0.267 e. The average molecular weight is 421 g/mol. The zero-order chi connectivity index (χ0) is 21.1. The quantitative estimate of drug-likeness (QED) is 0.154. The van der Waals surface area contributed by atoms with Gasteiger partial charge in [-0.15, -0.1) is 0 Å². The predicted octanol–water partition coefficient (Wildman–Crippen LogP) is 7.06. The normalized spacial score (nSPS) is 14.3. The highest BCUT2D eigenvalue weighted by atomic mass is 32.2. The summed E-state index contributed by atoms with van der Waals surface area (Å²) in [6.45, 7) is 4.40. The van der Waals surface area contributed by atoms with Gasteiger partial charge in [0.25, 0.3) is 10.1 Å². The molecular weight excluding hydrogens is 372 g/mol. The van der Waals surface area contributed by atoms with Crippen molar-refractivity contribution in [2.75, 3.05) is 0 Å². The van der Waals surface area contributed by atoms with Gasteiger partial charge in [0.1, 0.15) is 0 Å². The first kappa shape index (κ1) is 27.9. The standard InChI is InChI=1S/C23H48O4S/c1-3-5-7-9-10-11-12-13-14-16-18-20-23(28(25,26)27)21-22(24)19-17-15-8-6-4-2/h22-24H,3-21H2,1-2H3,(H,25,26,27). The predicted molar refractivity (Wildman–Crippen MR) is 120 cm³/mol. The van der Waals surface area contributed by atoms with Crippen molar-refractivity contribution in [1.82, 2.24) is 0 Å². The molecule has 0 aliphatic heterocycles. The van der Waals surface area contributed by atoms with E-state index in [1.165, 1.54) is 70.6 Å². The van der Waals surface area contributed by atoms with Crippen LogP contribution in [0.15, 0.2) is 0 Å². The first-order valence-electron chi connectivity index (χ1n) is 12.1. The van der Waals surface area contributed by atoms with E-state index in [9.17, 15) is 18.1 Å². The Morgan fingerprint density at radius 2 is 0.964 bits per heavy atom. The zero-order valence-corrected chi connectivity index (χ0v) is 19.5. The maximum atomic E-state index is 11.6. The summed E-state index contributed by atoms with van der Waals surface area (Å²) in [5, 5.41) is 9.33. The van der Waals surface area contributed by atoms with Crippen LogP contribution in [0.1, 0.15) is 136 Å². The van der Waals surface area contributed by atoms with Crippen LogP contribution >= 0.6 is 0 Å². The number of hydrogen-bond acceptors (Lipinski definition) is 3. The van der Waals surface area contributed by atoms with Gasteiger partial charge in [0.15, 0.2) is 0 Å². The number of unbranched alkanes of at least 4 members (excludes halogenated alkanes) is 14. The molecule has 0 aromatic heterocycles. The Morgan fingerprint density at radius 3 is 1.36 bits per heavy atom. The maximum absolute atomic E-state index is 11.6. The first-order valence-corrected chi connectivity index (χ1v) is 13.6. The van der Waals surface area contributed by atoms with E-state index < -0.39 is 21.5 Å². The molecular formula is C23H48O4S. The van der Waals surface area contributed by atoms with Crippen LogP contribution in [0.25, 0.3) is 0 Å². The molecule has 2 atom stereocenters.